The summed E-state index contributed by atoms with van der Waals surface area (Å²) in [6, 6.07) is 18.4. The number of amides is 2. The highest BCUT2D eigenvalue weighted by molar-refractivity contribution is 6.02. The zero-order chi connectivity index (χ0) is 25.2. The molecule has 2 aromatic carbocycles. The van der Waals surface area contributed by atoms with Crippen LogP contribution < -0.4 is 10.2 Å². The fraction of sp³-hybridized carbons (Fsp3) is 0.286. The van der Waals surface area contributed by atoms with E-state index in [2.05, 4.69) is 32.5 Å². The van der Waals surface area contributed by atoms with Gasteiger partial charge in [-0.25, -0.2) is 0 Å². The summed E-state index contributed by atoms with van der Waals surface area (Å²) in [4.78, 5) is 33.9. The van der Waals surface area contributed by atoms with Crippen molar-refractivity contribution < 1.29 is 18.5 Å². The molecule has 2 aromatic heterocycles. The van der Waals surface area contributed by atoms with E-state index in [1.807, 2.05) is 17.0 Å². The Morgan fingerprint density at radius 1 is 0.919 bits per heavy atom. The molecule has 1 aliphatic carbocycles. The average molecular weight is 498 g/mol. The van der Waals surface area contributed by atoms with Crippen LogP contribution in [0.1, 0.15) is 52.0 Å². The zero-order valence-corrected chi connectivity index (χ0v) is 20.3. The number of benzene rings is 2. The Bertz CT molecular complexity index is 1370. The number of piperazine rings is 1. The zero-order valence-electron chi connectivity index (χ0n) is 20.3. The highest BCUT2D eigenvalue weighted by atomic mass is 16.5. The molecule has 2 aliphatic rings. The van der Waals surface area contributed by atoms with Crippen molar-refractivity contribution in [3.63, 3.8) is 0 Å². The van der Waals surface area contributed by atoms with Gasteiger partial charge in [-0.05, 0) is 73.5 Å². The molecule has 1 saturated carbocycles. The van der Waals surface area contributed by atoms with Gasteiger partial charge in [0.1, 0.15) is 0 Å². The first-order chi connectivity index (χ1) is 18.1. The summed E-state index contributed by atoms with van der Waals surface area (Å²) in [5.41, 5.74) is 3.24. The molecule has 9 heteroatoms. The number of aromatic nitrogens is 2. The van der Waals surface area contributed by atoms with Crippen molar-refractivity contribution in [3.8, 4) is 11.4 Å². The van der Waals surface area contributed by atoms with Gasteiger partial charge >= 0.3 is 0 Å². The number of carbonyl (C=O) groups is 2. The molecule has 0 bridgehead atoms. The molecular formula is C28H27N5O4. The van der Waals surface area contributed by atoms with Crippen molar-refractivity contribution in [2.24, 2.45) is 0 Å². The fourth-order valence-corrected chi connectivity index (χ4v) is 4.64. The van der Waals surface area contributed by atoms with Gasteiger partial charge in [0.15, 0.2) is 5.76 Å². The molecule has 37 heavy (non-hydrogen) atoms. The number of nitrogens with one attached hydrogen (secondary N) is 1. The first-order valence-corrected chi connectivity index (χ1v) is 12.6. The van der Waals surface area contributed by atoms with Crippen LogP contribution in [0, 0.1) is 0 Å². The lowest BCUT2D eigenvalue weighted by Gasteiger charge is -2.36. The second-order valence-electron chi connectivity index (χ2n) is 9.42. The highest BCUT2D eigenvalue weighted by Crippen LogP contribution is 2.36. The first-order valence-electron chi connectivity index (χ1n) is 12.6. The van der Waals surface area contributed by atoms with E-state index in [9.17, 15) is 9.59 Å². The highest BCUT2D eigenvalue weighted by Gasteiger charge is 2.26. The van der Waals surface area contributed by atoms with Gasteiger partial charge in [-0.1, -0.05) is 11.6 Å². The molecule has 2 amide bonds. The van der Waals surface area contributed by atoms with E-state index in [0.29, 0.717) is 36.1 Å². The molecule has 188 valence electrons. The van der Waals surface area contributed by atoms with Crippen LogP contribution in [-0.4, -0.2) is 53.0 Å². The summed E-state index contributed by atoms with van der Waals surface area (Å²) < 4.78 is 10.6. The predicted molar refractivity (Wildman–Crippen MR) is 138 cm³/mol. The van der Waals surface area contributed by atoms with Crippen LogP contribution in [-0.2, 0) is 0 Å². The Morgan fingerprint density at radius 3 is 2.32 bits per heavy atom. The second-order valence-corrected chi connectivity index (χ2v) is 9.42. The van der Waals surface area contributed by atoms with Gasteiger partial charge in [-0.15, -0.1) is 0 Å². The average Bonchev–Trinajstić information content (AvgIpc) is 3.61. The maximum atomic E-state index is 13.0. The van der Waals surface area contributed by atoms with E-state index in [4.69, 9.17) is 8.94 Å². The van der Waals surface area contributed by atoms with Gasteiger partial charge in [0.05, 0.1) is 6.26 Å². The molecule has 0 unspecified atom stereocenters. The van der Waals surface area contributed by atoms with Crippen molar-refractivity contribution in [2.45, 2.75) is 25.2 Å². The van der Waals surface area contributed by atoms with E-state index < -0.39 is 0 Å². The lowest BCUT2D eigenvalue weighted by molar-refractivity contribution is 0.0746. The summed E-state index contributed by atoms with van der Waals surface area (Å²) in [7, 11) is 0. The SMILES string of the molecule is O=C(Nc1ccc(C(=O)N2CCN(c3ccc(-c4noc(C5CCC5)n4)cc3)CC2)cc1)c1ccco1. The fourth-order valence-electron chi connectivity index (χ4n) is 4.64. The van der Waals surface area contributed by atoms with Gasteiger partial charge in [0.2, 0.25) is 11.7 Å². The molecule has 2 fully saturated rings. The Kier molecular flexibility index (Phi) is 6.18. The molecule has 3 heterocycles. The van der Waals surface area contributed by atoms with Gasteiger partial charge in [0.25, 0.3) is 11.8 Å². The largest absolute Gasteiger partial charge is 0.459 e. The van der Waals surface area contributed by atoms with Crippen LogP contribution in [0.2, 0.25) is 0 Å². The minimum absolute atomic E-state index is 0.0155. The summed E-state index contributed by atoms with van der Waals surface area (Å²) >= 11 is 0. The molecule has 0 atom stereocenters. The van der Waals surface area contributed by atoms with Crippen LogP contribution in [0.3, 0.4) is 0 Å². The third kappa shape index (κ3) is 4.84. The molecule has 4 aromatic rings. The van der Waals surface area contributed by atoms with Crippen molar-refractivity contribution in [1.82, 2.24) is 15.0 Å². The monoisotopic (exact) mass is 497 g/mol. The van der Waals surface area contributed by atoms with Gasteiger partial charge in [-0.2, -0.15) is 4.98 Å². The lowest BCUT2D eigenvalue weighted by Crippen LogP contribution is -2.48. The van der Waals surface area contributed by atoms with Crippen LogP contribution in [0.4, 0.5) is 11.4 Å². The van der Waals surface area contributed by atoms with Crippen molar-refractivity contribution in [2.75, 3.05) is 36.4 Å². The standard InChI is InChI=1S/C28H27N5O4/c34-26(24-5-2-18-36-24)29-22-10-6-21(7-11-22)28(35)33-16-14-32(15-17-33)23-12-8-19(9-13-23)25-30-27(37-31-25)20-3-1-4-20/h2,5-13,18,20H,1,3-4,14-17H2,(H,29,34). The lowest BCUT2D eigenvalue weighted by atomic mass is 9.85. The van der Waals surface area contributed by atoms with Gasteiger partial charge in [-0.3, -0.25) is 9.59 Å². The molecule has 1 saturated heterocycles. The molecule has 0 radical (unpaired) electrons. The third-order valence-corrected chi connectivity index (χ3v) is 7.09. The Labute approximate surface area is 214 Å². The summed E-state index contributed by atoms with van der Waals surface area (Å²) in [5.74, 6) is 1.70. The number of nitrogens with zero attached hydrogens (tertiary/aromatic N) is 4. The third-order valence-electron chi connectivity index (χ3n) is 7.09. The normalized spacial score (nSPS) is 15.9. The quantitative estimate of drug-likeness (QED) is 0.408. The molecular weight excluding hydrogens is 470 g/mol. The maximum absolute atomic E-state index is 13.0. The smallest absolute Gasteiger partial charge is 0.291 e. The van der Waals surface area contributed by atoms with Crippen LogP contribution >= 0.6 is 0 Å². The predicted octanol–water partition coefficient (Wildman–Crippen LogP) is 4.81. The molecule has 1 N–H and O–H groups in total. The second kappa shape index (κ2) is 9.93. The molecule has 0 spiro atoms. The Morgan fingerprint density at radius 2 is 1.68 bits per heavy atom. The first kappa shape index (κ1) is 23.0. The van der Waals surface area contributed by atoms with E-state index >= 15 is 0 Å². The van der Waals surface area contributed by atoms with Crippen molar-refractivity contribution in [1.29, 1.82) is 0 Å². The number of furan rings is 1. The Balaban J connectivity index is 1.03. The summed E-state index contributed by atoms with van der Waals surface area (Å²) in [5, 5.41) is 6.91. The Hall–Kier alpha value is -4.40. The van der Waals surface area contributed by atoms with Crippen LogP contribution in [0.5, 0.6) is 0 Å². The maximum Gasteiger partial charge on any atom is 0.291 e. The van der Waals surface area contributed by atoms with E-state index in [1.165, 1.54) is 12.7 Å². The van der Waals surface area contributed by atoms with Gasteiger partial charge in [0, 0.05) is 54.6 Å². The van der Waals surface area contributed by atoms with Gasteiger partial charge < -0.3 is 24.1 Å². The summed E-state index contributed by atoms with van der Waals surface area (Å²) in [6.07, 6.45) is 4.94. The minimum Gasteiger partial charge on any atom is -0.459 e. The number of rotatable bonds is 6. The minimum atomic E-state index is -0.330. The summed E-state index contributed by atoms with van der Waals surface area (Å²) in [6.45, 7) is 2.76. The van der Waals surface area contributed by atoms with Crippen LogP contribution in [0.15, 0.2) is 75.9 Å². The van der Waals surface area contributed by atoms with Crippen LogP contribution in [0.25, 0.3) is 11.4 Å². The molecule has 9 nitrogen and oxygen atoms in total. The number of hydrogen-bond donors (Lipinski definition) is 1. The van der Waals surface area contributed by atoms with E-state index in [-0.39, 0.29) is 17.6 Å². The number of anilines is 2. The topological polar surface area (TPSA) is 105 Å². The van der Waals surface area contributed by atoms with Crippen molar-refractivity contribution in [3.05, 3.63) is 84.1 Å². The molecule has 6 rings (SSSR count). The van der Waals surface area contributed by atoms with E-state index in [0.717, 1.165) is 43.1 Å². The number of carbonyl (C=O) groups excluding carboxylic acids is 2. The number of hydrogen-bond acceptors (Lipinski definition) is 7. The van der Waals surface area contributed by atoms with Crippen molar-refractivity contribution >= 4 is 23.2 Å². The van der Waals surface area contributed by atoms with E-state index in [1.54, 1.807) is 36.4 Å². The molecule has 1 aliphatic heterocycles.